The van der Waals surface area contributed by atoms with Crippen molar-refractivity contribution in [2.24, 2.45) is 0 Å². The van der Waals surface area contributed by atoms with Crippen molar-refractivity contribution in [1.29, 1.82) is 5.26 Å². The van der Waals surface area contributed by atoms with Gasteiger partial charge in [0.25, 0.3) is 0 Å². The fourth-order valence-corrected chi connectivity index (χ4v) is 10.2. The highest BCUT2D eigenvalue weighted by Crippen LogP contribution is 2.57. The average molecular weight is 750 g/mol. The maximum absolute atomic E-state index is 10.5. The van der Waals surface area contributed by atoms with Gasteiger partial charge in [0, 0.05) is 32.9 Å². The van der Waals surface area contributed by atoms with Crippen LogP contribution in [0.5, 0.6) is 0 Å². The van der Waals surface area contributed by atoms with Crippen LogP contribution in [0, 0.1) is 11.3 Å². The van der Waals surface area contributed by atoms with E-state index in [1.54, 1.807) is 0 Å². The molecule has 9 aromatic carbocycles. The van der Waals surface area contributed by atoms with Gasteiger partial charge >= 0.3 is 0 Å². The van der Waals surface area contributed by atoms with Gasteiger partial charge < -0.3 is 9.13 Å². The summed E-state index contributed by atoms with van der Waals surface area (Å²) in [5.74, 6) is 0. The summed E-state index contributed by atoms with van der Waals surface area (Å²) >= 11 is 0. The average Bonchev–Trinajstić information content (AvgIpc) is 3.93. The van der Waals surface area contributed by atoms with Crippen molar-refractivity contribution >= 4 is 43.6 Å². The minimum absolute atomic E-state index is 0.469. The molecule has 0 atom stereocenters. The van der Waals surface area contributed by atoms with Crippen molar-refractivity contribution in [2.45, 2.75) is 5.41 Å². The minimum atomic E-state index is -0.469. The van der Waals surface area contributed by atoms with Crippen LogP contribution in [0.4, 0.5) is 0 Å². The number of hydrogen-bond donors (Lipinski definition) is 0. The van der Waals surface area contributed by atoms with Crippen LogP contribution in [-0.4, -0.2) is 9.13 Å². The van der Waals surface area contributed by atoms with E-state index in [1.165, 1.54) is 54.9 Å². The van der Waals surface area contributed by atoms with Crippen molar-refractivity contribution in [3.8, 4) is 39.7 Å². The Hall–Kier alpha value is -7.93. The Bertz CT molecular complexity index is 3400. The fraction of sp³-hybridized carbons (Fsp3) is 0.0179. The molecule has 0 bridgehead atoms. The van der Waals surface area contributed by atoms with Gasteiger partial charge in [0.15, 0.2) is 0 Å². The highest BCUT2D eigenvalue weighted by Gasteiger charge is 2.46. The summed E-state index contributed by atoms with van der Waals surface area (Å²) in [6, 6.07) is 79.0. The largest absolute Gasteiger partial charge is 0.309 e. The summed E-state index contributed by atoms with van der Waals surface area (Å²) in [6.45, 7) is 0. The molecule has 12 rings (SSSR count). The van der Waals surface area contributed by atoms with Gasteiger partial charge in [-0.2, -0.15) is 5.26 Å². The minimum Gasteiger partial charge on any atom is -0.309 e. The van der Waals surface area contributed by atoms with Gasteiger partial charge in [-0.3, -0.25) is 0 Å². The van der Waals surface area contributed by atoms with Crippen LogP contribution in [0.1, 0.15) is 27.8 Å². The molecular weight excluding hydrogens is 715 g/mol. The molecule has 1 aliphatic carbocycles. The number of para-hydroxylation sites is 3. The van der Waals surface area contributed by atoms with E-state index in [-0.39, 0.29) is 0 Å². The molecule has 0 unspecified atom stereocenters. The zero-order chi connectivity index (χ0) is 39.1. The first-order chi connectivity index (χ1) is 29.2. The lowest BCUT2D eigenvalue weighted by Crippen LogP contribution is -2.28. The van der Waals surface area contributed by atoms with Gasteiger partial charge in [-0.15, -0.1) is 0 Å². The lowest BCUT2D eigenvalue weighted by molar-refractivity contribution is 0.769. The van der Waals surface area contributed by atoms with E-state index in [0.717, 1.165) is 44.6 Å². The smallest absolute Gasteiger partial charge is 0.0998 e. The van der Waals surface area contributed by atoms with E-state index in [2.05, 4.69) is 221 Å². The lowest BCUT2D eigenvalue weighted by Gasteiger charge is -2.33. The number of aromatic nitrogens is 2. The highest BCUT2D eigenvalue weighted by atomic mass is 15.0. The second-order valence-electron chi connectivity index (χ2n) is 15.6. The third-order valence-electron chi connectivity index (χ3n) is 12.6. The second kappa shape index (κ2) is 12.8. The van der Waals surface area contributed by atoms with Crippen molar-refractivity contribution in [2.75, 3.05) is 0 Å². The first-order valence-corrected chi connectivity index (χ1v) is 20.2. The van der Waals surface area contributed by atoms with Gasteiger partial charge in [-0.1, -0.05) is 158 Å². The zero-order valence-electron chi connectivity index (χ0n) is 32.0. The standard InChI is InChI=1S/C56H35N3/c57-36-38-33-42(59-52-24-12-8-20-45(52)46-21-9-13-25-53(46)59)31-32-43(38)37-27-29-41(30-28-37)58-54-26-14-10-22-47(54)49-34-51-48(35-55(49)58)44-19-7-11-23-50(44)56(51,39-15-3-1-4-16-39)40-17-5-2-6-18-40/h1-35H. The van der Waals surface area contributed by atoms with Gasteiger partial charge in [-0.25, -0.2) is 0 Å². The molecule has 1 aliphatic rings. The molecule has 0 saturated carbocycles. The molecule has 0 amide bonds. The summed E-state index contributed by atoms with van der Waals surface area (Å²) in [6.07, 6.45) is 0. The molecule has 0 fully saturated rings. The Balaban J connectivity index is 1.02. The third-order valence-corrected chi connectivity index (χ3v) is 12.6. The summed E-state index contributed by atoms with van der Waals surface area (Å²) < 4.78 is 4.67. The fourth-order valence-electron chi connectivity index (χ4n) is 10.2. The molecule has 0 N–H and O–H groups in total. The first kappa shape index (κ1) is 33.2. The molecule has 3 nitrogen and oxygen atoms in total. The van der Waals surface area contributed by atoms with Gasteiger partial charge in [0.1, 0.15) is 0 Å². The van der Waals surface area contributed by atoms with E-state index < -0.39 is 5.41 Å². The molecule has 0 spiro atoms. The van der Waals surface area contributed by atoms with Gasteiger partial charge in [0.2, 0.25) is 0 Å². The monoisotopic (exact) mass is 749 g/mol. The Morgan fingerprint density at radius 2 is 0.864 bits per heavy atom. The number of benzene rings is 9. The molecule has 0 saturated heterocycles. The van der Waals surface area contributed by atoms with E-state index in [4.69, 9.17) is 0 Å². The van der Waals surface area contributed by atoms with E-state index in [9.17, 15) is 5.26 Å². The maximum Gasteiger partial charge on any atom is 0.0998 e. The summed E-state index contributed by atoms with van der Waals surface area (Å²) in [7, 11) is 0. The Morgan fingerprint density at radius 1 is 0.356 bits per heavy atom. The lowest BCUT2D eigenvalue weighted by atomic mass is 9.67. The number of nitriles is 1. The molecule has 0 aliphatic heterocycles. The van der Waals surface area contributed by atoms with Crippen LogP contribution < -0.4 is 0 Å². The molecule has 11 aromatic rings. The number of fused-ring (bicyclic) bond motifs is 9. The van der Waals surface area contributed by atoms with E-state index in [1.807, 2.05) is 6.07 Å². The third kappa shape index (κ3) is 4.69. The van der Waals surface area contributed by atoms with Gasteiger partial charge in [0.05, 0.1) is 39.1 Å². The predicted octanol–water partition coefficient (Wildman–Crippen LogP) is 13.8. The van der Waals surface area contributed by atoms with Crippen molar-refractivity contribution in [1.82, 2.24) is 9.13 Å². The Kier molecular flexibility index (Phi) is 7.21. The maximum atomic E-state index is 10.5. The topological polar surface area (TPSA) is 33.6 Å². The second-order valence-corrected chi connectivity index (χ2v) is 15.6. The van der Waals surface area contributed by atoms with Crippen molar-refractivity contribution in [3.63, 3.8) is 0 Å². The Labute approximate surface area is 341 Å². The SMILES string of the molecule is N#Cc1cc(-n2c3ccccc3c3ccccc32)ccc1-c1ccc(-n2c3ccccc3c3cc4c(cc32)-c2ccccc2C4(c2ccccc2)c2ccccc2)cc1. The zero-order valence-corrected chi connectivity index (χ0v) is 32.0. The van der Waals surface area contributed by atoms with Crippen LogP contribution in [0.25, 0.3) is 77.2 Å². The number of rotatable bonds is 5. The van der Waals surface area contributed by atoms with Crippen molar-refractivity contribution in [3.05, 3.63) is 240 Å². The summed E-state index contributed by atoms with van der Waals surface area (Å²) in [5, 5.41) is 15.4. The number of hydrogen-bond acceptors (Lipinski definition) is 1. The normalized spacial score (nSPS) is 12.9. The quantitative estimate of drug-likeness (QED) is 0.172. The molecule has 2 heterocycles. The molecule has 2 aromatic heterocycles. The molecular formula is C56H35N3. The predicted molar refractivity (Wildman–Crippen MR) is 243 cm³/mol. The molecule has 3 heteroatoms. The van der Waals surface area contributed by atoms with E-state index >= 15 is 0 Å². The molecule has 59 heavy (non-hydrogen) atoms. The van der Waals surface area contributed by atoms with Crippen molar-refractivity contribution < 1.29 is 0 Å². The van der Waals surface area contributed by atoms with Crippen LogP contribution in [0.15, 0.2) is 212 Å². The van der Waals surface area contributed by atoms with E-state index in [0.29, 0.717) is 5.56 Å². The summed E-state index contributed by atoms with van der Waals surface area (Å²) in [4.78, 5) is 0. The Morgan fingerprint density at radius 3 is 1.47 bits per heavy atom. The van der Waals surface area contributed by atoms with Crippen LogP contribution in [-0.2, 0) is 5.41 Å². The van der Waals surface area contributed by atoms with Crippen LogP contribution in [0.2, 0.25) is 0 Å². The molecule has 274 valence electrons. The first-order valence-electron chi connectivity index (χ1n) is 20.2. The number of nitrogens with zero attached hydrogens (tertiary/aromatic N) is 3. The van der Waals surface area contributed by atoms with Crippen LogP contribution in [0.3, 0.4) is 0 Å². The highest BCUT2D eigenvalue weighted by molar-refractivity contribution is 6.12. The van der Waals surface area contributed by atoms with Gasteiger partial charge in [-0.05, 0) is 99.1 Å². The molecule has 0 radical (unpaired) electrons. The summed E-state index contributed by atoms with van der Waals surface area (Å²) in [5.41, 5.74) is 16.4. The van der Waals surface area contributed by atoms with Crippen LogP contribution >= 0.6 is 0 Å².